The average Bonchev–Trinajstić information content (AvgIpc) is 3.16. The minimum absolute atomic E-state index is 0.104. The molecule has 0 saturated carbocycles. The van der Waals surface area contributed by atoms with E-state index >= 15 is 0 Å². The van der Waals surface area contributed by atoms with Gasteiger partial charge in [-0.1, -0.05) is 65.8 Å². The zero-order valence-electron chi connectivity index (χ0n) is 15.0. The molecule has 0 aliphatic carbocycles. The summed E-state index contributed by atoms with van der Waals surface area (Å²) < 4.78 is 0. The molecule has 1 amide bonds. The lowest BCUT2D eigenvalue weighted by molar-refractivity contribution is -0.121. The molecule has 0 unspecified atom stereocenters. The van der Waals surface area contributed by atoms with Gasteiger partial charge in [0.2, 0.25) is 5.91 Å². The van der Waals surface area contributed by atoms with Gasteiger partial charge in [-0.05, 0) is 36.1 Å². The lowest BCUT2D eigenvalue weighted by Gasteiger charge is -2.04. The summed E-state index contributed by atoms with van der Waals surface area (Å²) in [4.78, 5) is 19.6. The molecule has 6 heteroatoms. The summed E-state index contributed by atoms with van der Waals surface area (Å²) in [6, 6.07) is 17.9. The van der Waals surface area contributed by atoms with E-state index in [9.17, 15) is 4.79 Å². The fourth-order valence-electron chi connectivity index (χ4n) is 2.68. The van der Waals surface area contributed by atoms with E-state index in [4.69, 9.17) is 11.6 Å². The molecule has 140 valence electrons. The molecule has 3 aromatic rings. The number of benzene rings is 2. The second kappa shape index (κ2) is 10.2. The number of halogens is 1. The Balaban J connectivity index is 1.33. The van der Waals surface area contributed by atoms with Gasteiger partial charge in [0.25, 0.3) is 0 Å². The highest BCUT2D eigenvalue weighted by atomic mass is 35.5. The number of nitrogens with one attached hydrogen (secondary N) is 2. The first-order valence-corrected chi connectivity index (χ1v) is 10.3. The van der Waals surface area contributed by atoms with Crippen LogP contribution in [0.25, 0.3) is 11.3 Å². The molecule has 0 atom stereocenters. The van der Waals surface area contributed by atoms with Crippen molar-refractivity contribution in [2.45, 2.75) is 24.4 Å². The zero-order chi connectivity index (χ0) is 18.9. The molecule has 3 rings (SSSR count). The van der Waals surface area contributed by atoms with E-state index in [-0.39, 0.29) is 5.91 Å². The number of carbonyl (C=O) groups excluding carboxylic acids is 1. The number of carbonyl (C=O) groups is 1. The first-order chi connectivity index (χ1) is 13.2. The predicted molar refractivity (Wildman–Crippen MR) is 112 cm³/mol. The maximum atomic E-state index is 11.9. The van der Waals surface area contributed by atoms with Gasteiger partial charge in [0.05, 0.1) is 11.9 Å². The number of amides is 1. The monoisotopic (exact) mass is 399 g/mol. The Kier molecular flexibility index (Phi) is 7.36. The van der Waals surface area contributed by atoms with E-state index in [0.717, 1.165) is 35.0 Å². The fourth-order valence-corrected chi connectivity index (χ4v) is 3.51. The summed E-state index contributed by atoms with van der Waals surface area (Å²) >= 11 is 7.51. The van der Waals surface area contributed by atoms with Crippen LogP contribution in [0.4, 0.5) is 0 Å². The quantitative estimate of drug-likeness (QED) is 0.395. The molecule has 0 saturated heterocycles. The highest BCUT2D eigenvalue weighted by Crippen LogP contribution is 2.22. The molecular weight excluding hydrogens is 378 g/mol. The molecule has 0 radical (unpaired) electrons. The first-order valence-electron chi connectivity index (χ1n) is 8.95. The lowest BCUT2D eigenvalue weighted by Crippen LogP contribution is -2.25. The van der Waals surface area contributed by atoms with Crippen LogP contribution in [0.15, 0.2) is 66.0 Å². The summed E-state index contributed by atoms with van der Waals surface area (Å²) in [5.74, 6) is 0.880. The van der Waals surface area contributed by atoms with Crippen molar-refractivity contribution in [2.24, 2.45) is 0 Å². The third kappa shape index (κ3) is 6.45. The summed E-state index contributed by atoms with van der Waals surface area (Å²) in [6.45, 7) is 0.631. The van der Waals surface area contributed by atoms with Crippen LogP contribution in [0, 0.1) is 0 Å². The fraction of sp³-hybridized carbons (Fsp3) is 0.238. The predicted octanol–water partition coefficient (Wildman–Crippen LogP) is 4.96. The Morgan fingerprint density at radius 3 is 2.67 bits per heavy atom. The number of hydrogen-bond donors (Lipinski definition) is 2. The molecule has 0 bridgehead atoms. The van der Waals surface area contributed by atoms with Gasteiger partial charge in [0.1, 0.15) is 0 Å². The Hall–Kier alpha value is -2.24. The molecule has 2 aromatic carbocycles. The number of aromatic nitrogens is 2. The van der Waals surface area contributed by atoms with Gasteiger partial charge < -0.3 is 10.3 Å². The molecule has 0 fully saturated rings. The molecule has 0 aliphatic rings. The van der Waals surface area contributed by atoms with Crippen molar-refractivity contribution < 1.29 is 4.79 Å². The minimum Gasteiger partial charge on any atom is -0.355 e. The van der Waals surface area contributed by atoms with Gasteiger partial charge in [-0.25, -0.2) is 4.98 Å². The van der Waals surface area contributed by atoms with Crippen LogP contribution < -0.4 is 5.32 Å². The summed E-state index contributed by atoms with van der Waals surface area (Å²) in [6.07, 6.45) is 4.17. The Morgan fingerprint density at radius 2 is 1.89 bits per heavy atom. The maximum absolute atomic E-state index is 11.9. The Bertz CT molecular complexity index is 849. The van der Waals surface area contributed by atoms with Crippen molar-refractivity contribution in [1.29, 1.82) is 0 Å². The van der Waals surface area contributed by atoms with Gasteiger partial charge in [0, 0.05) is 23.7 Å². The van der Waals surface area contributed by atoms with Crippen molar-refractivity contribution in [3.8, 4) is 11.3 Å². The molecule has 1 heterocycles. The minimum atomic E-state index is 0.104. The number of aryl methyl sites for hydroxylation is 1. The third-order valence-corrected chi connectivity index (χ3v) is 5.22. The number of thioether (sulfide) groups is 1. The van der Waals surface area contributed by atoms with Crippen LogP contribution in [0.3, 0.4) is 0 Å². The van der Waals surface area contributed by atoms with Crippen LogP contribution in [-0.4, -0.2) is 28.2 Å². The van der Waals surface area contributed by atoms with Crippen LogP contribution >= 0.6 is 23.4 Å². The summed E-state index contributed by atoms with van der Waals surface area (Å²) in [5, 5.41) is 4.53. The summed E-state index contributed by atoms with van der Waals surface area (Å²) in [7, 11) is 0. The Morgan fingerprint density at radius 1 is 1.11 bits per heavy atom. The normalized spacial score (nSPS) is 10.7. The van der Waals surface area contributed by atoms with E-state index in [1.165, 1.54) is 5.56 Å². The van der Waals surface area contributed by atoms with Gasteiger partial charge in [-0.2, -0.15) is 0 Å². The lowest BCUT2D eigenvalue weighted by atomic mass is 10.1. The SMILES string of the molecule is O=C(CCCc1ccccc1)NCCSc1ncc(-c2ccc(Cl)cc2)[nH]1. The van der Waals surface area contributed by atoms with Crippen molar-refractivity contribution in [1.82, 2.24) is 15.3 Å². The van der Waals surface area contributed by atoms with Crippen molar-refractivity contribution in [2.75, 3.05) is 12.3 Å². The number of nitrogens with zero attached hydrogens (tertiary/aromatic N) is 1. The van der Waals surface area contributed by atoms with Gasteiger partial charge in [-0.3, -0.25) is 4.79 Å². The number of H-pyrrole nitrogens is 1. The number of imidazole rings is 1. The number of hydrogen-bond acceptors (Lipinski definition) is 3. The molecule has 1 aromatic heterocycles. The van der Waals surface area contributed by atoms with Gasteiger partial charge in [-0.15, -0.1) is 0 Å². The molecule has 27 heavy (non-hydrogen) atoms. The highest BCUT2D eigenvalue weighted by molar-refractivity contribution is 7.99. The van der Waals surface area contributed by atoms with E-state index in [1.54, 1.807) is 11.8 Å². The smallest absolute Gasteiger partial charge is 0.220 e. The van der Waals surface area contributed by atoms with Crippen molar-refractivity contribution >= 4 is 29.3 Å². The topological polar surface area (TPSA) is 57.8 Å². The zero-order valence-corrected chi connectivity index (χ0v) is 16.5. The average molecular weight is 400 g/mol. The van der Waals surface area contributed by atoms with Crippen LogP contribution in [0.5, 0.6) is 0 Å². The second-order valence-corrected chi connectivity index (χ2v) is 7.67. The van der Waals surface area contributed by atoms with Crippen LogP contribution in [0.2, 0.25) is 5.02 Å². The van der Waals surface area contributed by atoms with Crippen molar-refractivity contribution in [3.63, 3.8) is 0 Å². The molecular formula is C21H22ClN3OS. The molecule has 0 aliphatic heterocycles. The van der Waals surface area contributed by atoms with E-state index in [0.29, 0.717) is 18.0 Å². The van der Waals surface area contributed by atoms with Gasteiger partial charge >= 0.3 is 0 Å². The molecule has 4 nitrogen and oxygen atoms in total. The number of rotatable bonds is 9. The highest BCUT2D eigenvalue weighted by Gasteiger charge is 2.05. The third-order valence-electron chi connectivity index (χ3n) is 4.08. The van der Waals surface area contributed by atoms with E-state index in [1.807, 2.05) is 48.7 Å². The second-order valence-electron chi connectivity index (χ2n) is 6.15. The van der Waals surface area contributed by atoms with Crippen LogP contribution in [0.1, 0.15) is 18.4 Å². The standard InChI is InChI=1S/C21H22ClN3OS/c22-18-11-9-17(10-12-18)19-15-24-21(25-19)27-14-13-23-20(26)8-4-7-16-5-2-1-3-6-16/h1-3,5-6,9-12,15H,4,7-8,13-14H2,(H,23,26)(H,24,25). The molecule has 0 spiro atoms. The molecule has 2 N–H and O–H groups in total. The first kappa shape index (κ1) is 19.5. The van der Waals surface area contributed by atoms with Gasteiger partial charge in [0.15, 0.2) is 5.16 Å². The summed E-state index contributed by atoms with van der Waals surface area (Å²) in [5.41, 5.74) is 3.28. The van der Waals surface area contributed by atoms with E-state index < -0.39 is 0 Å². The van der Waals surface area contributed by atoms with E-state index in [2.05, 4.69) is 27.4 Å². The Labute approximate surface area is 168 Å². The maximum Gasteiger partial charge on any atom is 0.220 e. The number of aromatic amines is 1. The van der Waals surface area contributed by atoms with Crippen molar-refractivity contribution in [3.05, 3.63) is 71.4 Å². The largest absolute Gasteiger partial charge is 0.355 e. The van der Waals surface area contributed by atoms with Crippen LogP contribution in [-0.2, 0) is 11.2 Å².